The third-order valence-electron chi connectivity index (χ3n) is 5.44. The molecule has 3 aromatic rings. The standard InChI is InChI=1S/C21H23ClN6O2S.2C2H6.2CH4O/c1-13(17-6-4-15(22)10-19(17)24-2)18-11-21-25-8-7-20(28(21)27-18)26-16-5-3-14(9-16)12-30-31(23)29;4*1-2/h4,6-8,10-11,14,16,26H,1-3,5,9,12,23H2;2*1-2H3;2*2H,1H3/t14-,16+,31?;;;;/m1..../s1. The van der Waals surface area contributed by atoms with E-state index in [-0.39, 0.29) is 6.04 Å². The van der Waals surface area contributed by atoms with Gasteiger partial charge in [0.25, 0.3) is 0 Å². The van der Waals surface area contributed by atoms with Crippen molar-refractivity contribution in [3.63, 3.8) is 0 Å². The fourth-order valence-corrected chi connectivity index (χ4v) is 4.40. The third kappa shape index (κ3) is 10.8. The van der Waals surface area contributed by atoms with Crippen molar-refractivity contribution in [1.82, 2.24) is 14.6 Å². The molecule has 1 saturated carbocycles. The van der Waals surface area contributed by atoms with Crippen molar-refractivity contribution in [3.8, 4) is 0 Å². The number of aromatic nitrogens is 3. The second kappa shape index (κ2) is 20.3. The Morgan fingerprint density at radius 3 is 2.49 bits per heavy atom. The minimum atomic E-state index is -1.72. The number of hydrogen-bond donors (Lipinski definition) is 4. The monoisotopic (exact) mass is 582 g/mol. The largest absolute Gasteiger partial charge is 0.400 e. The van der Waals surface area contributed by atoms with Crippen LogP contribution in [0.3, 0.4) is 0 Å². The van der Waals surface area contributed by atoms with E-state index in [2.05, 4.69) is 28.6 Å². The van der Waals surface area contributed by atoms with Crippen LogP contribution in [-0.2, 0) is 15.4 Å². The molecule has 5 N–H and O–H groups in total. The molecule has 2 heterocycles. The number of rotatable bonds is 8. The fourth-order valence-electron chi connectivity index (χ4n) is 3.91. The zero-order valence-corrected chi connectivity index (χ0v) is 25.3. The highest BCUT2D eigenvalue weighted by Crippen LogP contribution is 2.33. The molecule has 218 valence electrons. The van der Waals surface area contributed by atoms with Crippen molar-refractivity contribution in [2.75, 3.05) is 26.1 Å². The first-order chi connectivity index (χ1) is 18.9. The van der Waals surface area contributed by atoms with Gasteiger partial charge in [-0.15, -0.1) is 0 Å². The summed E-state index contributed by atoms with van der Waals surface area (Å²) in [6.07, 6.45) is 4.62. The Hall–Kier alpha value is -2.67. The van der Waals surface area contributed by atoms with E-state index in [4.69, 9.17) is 36.2 Å². The molecule has 0 amide bonds. The Kier molecular flexibility index (Phi) is 18.9. The molecule has 0 spiro atoms. The number of aliphatic imine (C=N–C) groups is 1. The number of nitrogens with zero attached hydrogens (tertiary/aromatic N) is 4. The van der Waals surface area contributed by atoms with Crippen LogP contribution in [0.4, 0.5) is 11.5 Å². The molecule has 1 fully saturated rings. The Bertz CT molecular complexity index is 1170. The molecule has 0 bridgehead atoms. The number of halogens is 1. The summed E-state index contributed by atoms with van der Waals surface area (Å²) in [7, 11) is 2.00. The van der Waals surface area contributed by atoms with E-state index in [9.17, 15) is 4.21 Å². The summed E-state index contributed by atoms with van der Waals surface area (Å²) in [5, 5.41) is 28.0. The van der Waals surface area contributed by atoms with Gasteiger partial charge < -0.3 is 15.5 Å². The van der Waals surface area contributed by atoms with E-state index in [1.807, 2.05) is 45.9 Å². The van der Waals surface area contributed by atoms with Crippen LogP contribution in [0.1, 0.15) is 58.2 Å². The maximum Gasteiger partial charge on any atom is 0.231 e. The first-order valence-electron chi connectivity index (χ1n) is 12.7. The lowest BCUT2D eigenvalue weighted by atomic mass is 10.0. The fraction of sp³-hybridized carbons (Fsp3) is 0.444. The summed E-state index contributed by atoms with van der Waals surface area (Å²) in [6.45, 7) is 16.2. The van der Waals surface area contributed by atoms with Gasteiger partial charge in [0.15, 0.2) is 5.65 Å². The molecule has 4 rings (SSSR count). The Labute approximate surface area is 239 Å². The number of fused-ring (bicyclic) bond motifs is 1. The van der Waals surface area contributed by atoms with Crippen LogP contribution in [-0.4, -0.2) is 62.6 Å². The van der Waals surface area contributed by atoms with Crippen molar-refractivity contribution in [1.29, 1.82) is 0 Å². The lowest BCUT2D eigenvalue weighted by molar-refractivity contribution is 0.274. The maximum absolute atomic E-state index is 10.9. The van der Waals surface area contributed by atoms with Crippen LogP contribution in [0.5, 0.6) is 0 Å². The highest BCUT2D eigenvalue weighted by molar-refractivity contribution is 7.77. The highest BCUT2D eigenvalue weighted by atomic mass is 35.5. The number of benzene rings is 1. The molecule has 3 atom stereocenters. The number of aliphatic hydroxyl groups excluding tert-OH is 2. The molecule has 0 saturated heterocycles. The maximum atomic E-state index is 10.9. The summed E-state index contributed by atoms with van der Waals surface area (Å²) in [4.78, 5) is 8.48. The lowest BCUT2D eigenvalue weighted by Crippen LogP contribution is -2.19. The molecule has 1 aliphatic carbocycles. The van der Waals surface area contributed by atoms with Crippen molar-refractivity contribution in [2.45, 2.75) is 53.0 Å². The van der Waals surface area contributed by atoms with Crippen LogP contribution in [0.2, 0.25) is 5.02 Å². The molecule has 0 aliphatic heterocycles. The SMILES string of the molecule is C=Nc1cc(Cl)ccc1C(=C)c1cc2nccc(N[C@H]3CC[C@@H](COS(N)=O)C3)n2n1.CC.CC.CO.CO. The van der Waals surface area contributed by atoms with Crippen molar-refractivity contribution < 1.29 is 18.6 Å². The summed E-state index contributed by atoms with van der Waals surface area (Å²) in [6, 6.07) is 9.44. The predicted octanol–water partition coefficient (Wildman–Crippen LogP) is 5.18. The molecule has 10 nitrogen and oxygen atoms in total. The van der Waals surface area contributed by atoms with Crippen LogP contribution in [0.15, 0.2) is 48.1 Å². The molecule has 1 aromatic carbocycles. The Balaban J connectivity index is 0.00000166. The number of nitrogens with one attached hydrogen (secondary N) is 1. The summed E-state index contributed by atoms with van der Waals surface area (Å²) >= 11 is 4.35. The van der Waals surface area contributed by atoms with Gasteiger partial charge in [-0.3, -0.25) is 9.18 Å². The van der Waals surface area contributed by atoms with Crippen LogP contribution >= 0.6 is 11.6 Å². The normalized spacial score (nSPS) is 16.1. The van der Waals surface area contributed by atoms with Gasteiger partial charge in [-0.1, -0.05) is 51.9 Å². The van der Waals surface area contributed by atoms with Crippen LogP contribution < -0.4 is 10.5 Å². The topological polar surface area (TPSA) is 147 Å². The molecule has 12 heteroatoms. The molecule has 0 radical (unpaired) electrons. The van der Waals surface area contributed by atoms with Gasteiger partial charge in [0, 0.05) is 48.7 Å². The van der Waals surface area contributed by atoms with Gasteiger partial charge in [-0.05, 0) is 50.1 Å². The van der Waals surface area contributed by atoms with E-state index in [0.717, 1.165) is 44.9 Å². The minimum Gasteiger partial charge on any atom is -0.400 e. The van der Waals surface area contributed by atoms with E-state index >= 15 is 0 Å². The molecule has 1 aliphatic rings. The Morgan fingerprint density at radius 2 is 1.87 bits per heavy atom. The van der Waals surface area contributed by atoms with Crippen molar-refractivity contribution in [3.05, 3.63) is 59.4 Å². The molecule has 1 unspecified atom stereocenters. The Morgan fingerprint density at radius 1 is 1.21 bits per heavy atom. The predicted molar refractivity (Wildman–Crippen MR) is 164 cm³/mol. The van der Waals surface area contributed by atoms with Gasteiger partial charge >= 0.3 is 0 Å². The molecule has 39 heavy (non-hydrogen) atoms. The van der Waals surface area contributed by atoms with Gasteiger partial charge in [0.1, 0.15) is 5.82 Å². The average molecular weight is 583 g/mol. The number of anilines is 1. The number of aliphatic hydroxyl groups is 2. The van der Waals surface area contributed by atoms with E-state index < -0.39 is 11.3 Å². The van der Waals surface area contributed by atoms with E-state index in [1.54, 1.807) is 22.8 Å². The molecular formula is C27H43ClN6O4S. The summed E-state index contributed by atoms with van der Waals surface area (Å²) < 4.78 is 17.8. The van der Waals surface area contributed by atoms with Gasteiger partial charge in [0.2, 0.25) is 11.3 Å². The lowest BCUT2D eigenvalue weighted by Gasteiger charge is -2.15. The first-order valence-corrected chi connectivity index (χ1v) is 14.2. The third-order valence-corrected chi connectivity index (χ3v) is 6.04. The molecule has 2 aromatic heterocycles. The van der Waals surface area contributed by atoms with E-state index in [0.29, 0.717) is 40.1 Å². The minimum absolute atomic E-state index is 0.258. The number of hydrogen-bond acceptors (Lipinski definition) is 8. The van der Waals surface area contributed by atoms with Gasteiger partial charge in [-0.25, -0.2) is 14.3 Å². The second-order valence-electron chi connectivity index (χ2n) is 7.49. The van der Waals surface area contributed by atoms with Crippen LogP contribution in [0.25, 0.3) is 11.2 Å². The smallest absolute Gasteiger partial charge is 0.231 e. The molecular weight excluding hydrogens is 540 g/mol. The van der Waals surface area contributed by atoms with E-state index in [1.165, 1.54) is 0 Å². The number of nitrogens with two attached hydrogens (primary N) is 1. The zero-order valence-electron chi connectivity index (χ0n) is 23.7. The quantitative estimate of drug-likeness (QED) is 0.267. The average Bonchev–Trinajstić information content (AvgIpc) is 3.63. The first kappa shape index (κ1) is 36.3. The second-order valence-corrected chi connectivity index (χ2v) is 8.69. The van der Waals surface area contributed by atoms with Crippen molar-refractivity contribution >= 4 is 52.3 Å². The summed E-state index contributed by atoms with van der Waals surface area (Å²) in [5.41, 5.74) is 3.58. The van der Waals surface area contributed by atoms with Gasteiger partial charge in [0.05, 0.1) is 18.0 Å². The van der Waals surface area contributed by atoms with Crippen molar-refractivity contribution in [2.24, 2.45) is 16.0 Å². The zero-order chi connectivity index (χ0) is 30.0. The van der Waals surface area contributed by atoms with Gasteiger partial charge in [-0.2, -0.15) is 9.61 Å². The van der Waals surface area contributed by atoms with Crippen LogP contribution in [0, 0.1) is 5.92 Å². The highest BCUT2D eigenvalue weighted by Gasteiger charge is 2.26. The summed E-state index contributed by atoms with van der Waals surface area (Å²) in [5.74, 6) is 1.17.